The first kappa shape index (κ1) is 18.3. The Hall–Kier alpha value is -1.07. The molecule has 0 saturated carbocycles. The number of thiophene rings is 1. The molecule has 1 aliphatic heterocycles. The fraction of sp³-hybridized carbons (Fsp3) is 0.722. The second-order valence-electron chi connectivity index (χ2n) is 7.23. The normalized spacial score (nSPS) is 18.0. The summed E-state index contributed by atoms with van der Waals surface area (Å²) in [6.45, 7) is 10.2. The van der Waals surface area contributed by atoms with Crippen LogP contribution < -0.4 is 0 Å². The molecule has 1 atom stereocenters. The third kappa shape index (κ3) is 6.15. The summed E-state index contributed by atoms with van der Waals surface area (Å²) in [5.74, 6) is 0.643. The van der Waals surface area contributed by atoms with Gasteiger partial charge in [0.1, 0.15) is 5.60 Å². The zero-order valence-electron chi connectivity index (χ0n) is 14.7. The zero-order chi connectivity index (χ0) is 16.9. The molecule has 1 aliphatic rings. The van der Waals surface area contributed by atoms with E-state index in [0.717, 1.165) is 39.0 Å². The molecule has 1 amide bonds. The molecule has 1 saturated heterocycles. The number of hydrogen-bond donors (Lipinski definition) is 0. The zero-order valence-corrected chi connectivity index (χ0v) is 15.5. The van der Waals surface area contributed by atoms with Crippen molar-refractivity contribution in [2.75, 3.05) is 19.7 Å². The molecule has 0 spiro atoms. The van der Waals surface area contributed by atoms with E-state index in [1.54, 1.807) is 11.3 Å². The molecule has 23 heavy (non-hydrogen) atoms. The third-order valence-electron chi connectivity index (χ3n) is 4.10. The number of carbonyl (C=O) groups excluding carboxylic acids is 1. The van der Waals surface area contributed by atoms with Gasteiger partial charge in [-0.2, -0.15) is 0 Å². The van der Waals surface area contributed by atoms with Crippen LogP contribution in [0.1, 0.15) is 57.9 Å². The molecule has 1 aromatic heterocycles. The van der Waals surface area contributed by atoms with Gasteiger partial charge in [-0.05, 0) is 64.3 Å². The van der Waals surface area contributed by atoms with E-state index in [-0.39, 0.29) is 12.2 Å². The predicted octanol–water partition coefficient (Wildman–Crippen LogP) is 4.86. The van der Waals surface area contributed by atoms with Crippen molar-refractivity contribution in [3.8, 4) is 0 Å². The molecule has 0 bridgehead atoms. The fourth-order valence-electron chi connectivity index (χ4n) is 2.75. The summed E-state index contributed by atoms with van der Waals surface area (Å²) in [6, 6.07) is 4.18. The first-order valence-corrected chi connectivity index (χ1v) is 9.36. The molecular weight excluding hydrogens is 310 g/mol. The largest absolute Gasteiger partial charge is 0.444 e. The van der Waals surface area contributed by atoms with E-state index in [4.69, 9.17) is 9.47 Å². The van der Waals surface area contributed by atoms with Crippen LogP contribution >= 0.6 is 11.3 Å². The maximum atomic E-state index is 12.0. The van der Waals surface area contributed by atoms with E-state index >= 15 is 0 Å². The van der Waals surface area contributed by atoms with Gasteiger partial charge < -0.3 is 14.4 Å². The van der Waals surface area contributed by atoms with Gasteiger partial charge >= 0.3 is 6.09 Å². The highest BCUT2D eigenvalue weighted by Gasteiger charge is 2.26. The lowest BCUT2D eigenvalue weighted by Gasteiger charge is -2.33. The van der Waals surface area contributed by atoms with Crippen LogP contribution in [0.15, 0.2) is 17.5 Å². The van der Waals surface area contributed by atoms with Gasteiger partial charge in [0.25, 0.3) is 0 Å². The first-order valence-electron chi connectivity index (χ1n) is 8.48. The Morgan fingerprint density at radius 1 is 1.39 bits per heavy atom. The quantitative estimate of drug-likeness (QED) is 0.769. The van der Waals surface area contributed by atoms with Crippen LogP contribution in [0.4, 0.5) is 4.79 Å². The molecule has 2 heterocycles. The smallest absolute Gasteiger partial charge is 0.410 e. The maximum absolute atomic E-state index is 12.0. The van der Waals surface area contributed by atoms with E-state index < -0.39 is 5.60 Å². The topological polar surface area (TPSA) is 38.8 Å². The second kappa shape index (κ2) is 8.15. The lowest BCUT2D eigenvalue weighted by molar-refractivity contribution is 0.0147. The minimum Gasteiger partial charge on any atom is -0.444 e. The summed E-state index contributed by atoms with van der Waals surface area (Å²) >= 11 is 1.74. The lowest BCUT2D eigenvalue weighted by Crippen LogP contribution is -2.41. The molecule has 1 unspecified atom stereocenters. The van der Waals surface area contributed by atoms with Crippen LogP contribution in [0.2, 0.25) is 0 Å². The molecule has 4 nitrogen and oxygen atoms in total. The Morgan fingerprint density at radius 2 is 2.09 bits per heavy atom. The Morgan fingerprint density at radius 3 is 2.65 bits per heavy atom. The van der Waals surface area contributed by atoms with Crippen molar-refractivity contribution >= 4 is 17.4 Å². The molecule has 5 heteroatoms. The summed E-state index contributed by atoms with van der Waals surface area (Å²) in [7, 11) is 0. The van der Waals surface area contributed by atoms with Crippen molar-refractivity contribution in [3.05, 3.63) is 22.4 Å². The van der Waals surface area contributed by atoms with Crippen molar-refractivity contribution in [1.29, 1.82) is 0 Å². The van der Waals surface area contributed by atoms with Gasteiger partial charge in [0.2, 0.25) is 0 Å². The van der Waals surface area contributed by atoms with Gasteiger partial charge in [0.05, 0.1) is 6.10 Å². The SMILES string of the molecule is CC(OCCC1CCN(C(=O)OC(C)(C)C)CC1)c1cccs1. The van der Waals surface area contributed by atoms with Gasteiger partial charge in [-0.1, -0.05) is 6.07 Å². The highest BCUT2D eigenvalue weighted by molar-refractivity contribution is 7.10. The predicted molar refractivity (Wildman–Crippen MR) is 93.8 cm³/mol. The fourth-order valence-corrected chi connectivity index (χ4v) is 3.48. The van der Waals surface area contributed by atoms with Crippen molar-refractivity contribution in [1.82, 2.24) is 4.90 Å². The minimum atomic E-state index is -0.417. The van der Waals surface area contributed by atoms with Crippen molar-refractivity contribution in [2.24, 2.45) is 5.92 Å². The van der Waals surface area contributed by atoms with Crippen LogP contribution in [-0.4, -0.2) is 36.3 Å². The second-order valence-corrected chi connectivity index (χ2v) is 8.21. The summed E-state index contributed by atoms with van der Waals surface area (Å²) in [4.78, 5) is 15.1. The Kier molecular flexibility index (Phi) is 6.48. The number of amides is 1. The molecule has 0 aliphatic carbocycles. The minimum absolute atomic E-state index is 0.178. The van der Waals surface area contributed by atoms with E-state index in [2.05, 4.69) is 24.4 Å². The number of rotatable bonds is 5. The van der Waals surface area contributed by atoms with Gasteiger partial charge in [0, 0.05) is 24.6 Å². The lowest BCUT2D eigenvalue weighted by atomic mass is 9.94. The van der Waals surface area contributed by atoms with Crippen LogP contribution in [-0.2, 0) is 9.47 Å². The Labute approximate surface area is 143 Å². The third-order valence-corrected chi connectivity index (χ3v) is 5.14. The number of hydrogen-bond acceptors (Lipinski definition) is 4. The summed E-state index contributed by atoms with van der Waals surface area (Å²) in [5.41, 5.74) is -0.417. The van der Waals surface area contributed by atoms with Gasteiger partial charge in [-0.3, -0.25) is 0 Å². The van der Waals surface area contributed by atoms with E-state index in [0.29, 0.717) is 5.92 Å². The number of ether oxygens (including phenoxy) is 2. The number of nitrogens with zero attached hydrogens (tertiary/aromatic N) is 1. The number of piperidine rings is 1. The van der Waals surface area contributed by atoms with Gasteiger partial charge in [0.15, 0.2) is 0 Å². The molecule has 130 valence electrons. The maximum Gasteiger partial charge on any atom is 0.410 e. The summed E-state index contributed by atoms with van der Waals surface area (Å²) in [6.07, 6.45) is 3.14. The number of carbonyl (C=O) groups is 1. The number of likely N-dealkylation sites (tertiary alicyclic amines) is 1. The summed E-state index contributed by atoms with van der Waals surface area (Å²) < 4.78 is 11.4. The molecule has 1 fully saturated rings. The van der Waals surface area contributed by atoms with Crippen molar-refractivity contribution in [3.63, 3.8) is 0 Å². The first-order chi connectivity index (χ1) is 10.8. The Bertz CT molecular complexity index is 473. The molecule has 1 aromatic rings. The van der Waals surface area contributed by atoms with E-state index in [9.17, 15) is 4.79 Å². The van der Waals surface area contributed by atoms with Gasteiger partial charge in [-0.25, -0.2) is 4.79 Å². The van der Waals surface area contributed by atoms with E-state index in [1.165, 1.54) is 4.88 Å². The van der Waals surface area contributed by atoms with Crippen LogP contribution in [0, 0.1) is 5.92 Å². The van der Waals surface area contributed by atoms with Crippen molar-refractivity contribution in [2.45, 2.75) is 58.7 Å². The van der Waals surface area contributed by atoms with E-state index in [1.807, 2.05) is 25.7 Å². The molecule has 2 rings (SSSR count). The highest BCUT2D eigenvalue weighted by atomic mass is 32.1. The molecular formula is C18H29NO3S. The average Bonchev–Trinajstić information content (AvgIpc) is 3.00. The highest BCUT2D eigenvalue weighted by Crippen LogP contribution is 2.25. The average molecular weight is 340 g/mol. The molecule has 0 radical (unpaired) electrons. The monoisotopic (exact) mass is 339 g/mol. The van der Waals surface area contributed by atoms with Crippen LogP contribution in [0.3, 0.4) is 0 Å². The van der Waals surface area contributed by atoms with Crippen LogP contribution in [0.25, 0.3) is 0 Å². The Balaban J connectivity index is 1.64. The summed E-state index contributed by atoms with van der Waals surface area (Å²) in [5, 5.41) is 2.08. The van der Waals surface area contributed by atoms with Crippen LogP contribution in [0.5, 0.6) is 0 Å². The van der Waals surface area contributed by atoms with Crippen molar-refractivity contribution < 1.29 is 14.3 Å². The molecule has 0 aromatic carbocycles. The molecule has 0 N–H and O–H groups in total. The standard InChI is InChI=1S/C18H29NO3S/c1-14(16-6-5-13-23-16)21-12-9-15-7-10-19(11-8-15)17(20)22-18(2,3)4/h5-6,13-15H,7-12H2,1-4H3. The van der Waals surface area contributed by atoms with Gasteiger partial charge in [-0.15, -0.1) is 11.3 Å².